The first-order chi connectivity index (χ1) is 7.61. The Morgan fingerprint density at radius 1 is 1.44 bits per heavy atom. The quantitative estimate of drug-likeness (QED) is 0.774. The van der Waals surface area contributed by atoms with Gasteiger partial charge in [-0.25, -0.2) is 9.97 Å². The maximum Gasteiger partial charge on any atom is 0.137 e. The van der Waals surface area contributed by atoms with Gasteiger partial charge in [-0.1, -0.05) is 6.92 Å². The van der Waals surface area contributed by atoms with Crippen molar-refractivity contribution in [1.29, 1.82) is 0 Å². The van der Waals surface area contributed by atoms with Crippen LogP contribution in [0, 0.1) is 0 Å². The van der Waals surface area contributed by atoms with Gasteiger partial charge in [0.05, 0.1) is 6.61 Å². The predicted octanol–water partition coefficient (Wildman–Crippen LogP) is 0.828. The summed E-state index contributed by atoms with van der Waals surface area (Å²) in [6.07, 6.45) is 2.26. The van der Waals surface area contributed by atoms with Crippen LogP contribution >= 0.6 is 0 Å². The molecule has 0 spiro atoms. The summed E-state index contributed by atoms with van der Waals surface area (Å²) < 4.78 is 0. The molecule has 90 valence electrons. The Morgan fingerprint density at radius 3 is 2.62 bits per heavy atom. The number of nitrogens with zero attached hydrogens (tertiary/aromatic N) is 3. The number of nitrogen functional groups attached to an aromatic ring is 1. The van der Waals surface area contributed by atoms with Crippen LogP contribution in [0.4, 0.5) is 11.6 Å². The van der Waals surface area contributed by atoms with Gasteiger partial charge in [0, 0.05) is 18.2 Å². The number of rotatable bonds is 5. The number of aliphatic hydroxyl groups is 1. The van der Waals surface area contributed by atoms with E-state index in [1.165, 1.54) is 6.33 Å². The summed E-state index contributed by atoms with van der Waals surface area (Å²) in [6, 6.07) is 0.270. The van der Waals surface area contributed by atoms with Crippen molar-refractivity contribution in [3.05, 3.63) is 11.9 Å². The van der Waals surface area contributed by atoms with Crippen molar-refractivity contribution in [1.82, 2.24) is 9.97 Å². The lowest BCUT2D eigenvalue weighted by Gasteiger charge is -2.28. The molecule has 0 saturated heterocycles. The topological polar surface area (TPSA) is 75.3 Å². The normalized spacial score (nSPS) is 10.8. The molecule has 0 aliphatic carbocycles. The molecule has 1 aromatic heterocycles. The van der Waals surface area contributed by atoms with Crippen LogP contribution < -0.4 is 10.6 Å². The van der Waals surface area contributed by atoms with Gasteiger partial charge < -0.3 is 15.7 Å². The van der Waals surface area contributed by atoms with Crippen molar-refractivity contribution in [2.45, 2.75) is 33.2 Å². The highest BCUT2D eigenvalue weighted by molar-refractivity contribution is 5.57. The molecule has 0 aliphatic heterocycles. The van der Waals surface area contributed by atoms with Crippen LogP contribution in [0.3, 0.4) is 0 Å². The first-order valence-electron chi connectivity index (χ1n) is 5.58. The Morgan fingerprint density at radius 2 is 2.12 bits per heavy atom. The van der Waals surface area contributed by atoms with Crippen LogP contribution in [-0.4, -0.2) is 34.3 Å². The van der Waals surface area contributed by atoms with Crippen molar-refractivity contribution in [2.75, 3.05) is 23.8 Å². The molecule has 1 heterocycles. The fourth-order valence-electron chi connectivity index (χ4n) is 1.72. The summed E-state index contributed by atoms with van der Waals surface area (Å²) in [5.41, 5.74) is 6.77. The van der Waals surface area contributed by atoms with E-state index >= 15 is 0 Å². The zero-order valence-electron chi connectivity index (χ0n) is 10.1. The molecule has 0 radical (unpaired) electrons. The van der Waals surface area contributed by atoms with Gasteiger partial charge in [-0.2, -0.15) is 0 Å². The minimum atomic E-state index is 0.102. The second-order valence-corrected chi connectivity index (χ2v) is 3.93. The Hall–Kier alpha value is -1.36. The van der Waals surface area contributed by atoms with Crippen LogP contribution in [-0.2, 0) is 6.42 Å². The van der Waals surface area contributed by atoms with Gasteiger partial charge in [-0.15, -0.1) is 0 Å². The molecule has 1 rings (SSSR count). The van der Waals surface area contributed by atoms with E-state index in [1.54, 1.807) is 0 Å². The van der Waals surface area contributed by atoms with Gasteiger partial charge in [0.15, 0.2) is 0 Å². The first-order valence-corrected chi connectivity index (χ1v) is 5.58. The minimum absolute atomic E-state index is 0.102. The maximum absolute atomic E-state index is 9.06. The lowest BCUT2D eigenvalue weighted by molar-refractivity contribution is 0.298. The Bertz CT molecular complexity index is 341. The molecule has 16 heavy (non-hydrogen) atoms. The van der Waals surface area contributed by atoms with Crippen LogP contribution in [0.15, 0.2) is 6.33 Å². The Labute approximate surface area is 96.3 Å². The molecule has 0 bridgehead atoms. The molecular weight excluding hydrogens is 204 g/mol. The summed E-state index contributed by atoms with van der Waals surface area (Å²) in [5.74, 6) is 1.36. The largest absolute Gasteiger partial charge is 0.395 e. The van der Waals surface area contributed by atoms with Gasteiger partial charge in [-0.05, 0) is 20.3 Å². The maximum atomic E-state index is 9.06. The van der Waals surface area contributed by atoms with Crippen molar-refractivity contribution < 1.29 is 5.11 Å². The van der Waals surface area contributed by atoms with Crippen molar-refractivity contribution >= 4 is 11.6 Å². The van der Waals surface area contributed by atoms with Gasteiger partial charge in [0.1, 0.15) is 18.0 Å². The van der Waals surface area contributed by atoms with E-state index in [4.69, 9.17) is 10.8 Å². The van der Waals surface area contributed by atoms with Gasteiger partial charge >= 0.3 is 0 Å². The SMILES string of the molecule is CCc1c(N)ncnc1N(CCO)C(C)C. The third-order valence-electron chi connectivity index (χ3n) is 2.55. The number of nitrogens with two attached hydrogens (primary N) is 1. The van der Waals surface area contributed by atoms with E-state index in [0.29, 0.717) is 12.4 Å². The highest BCUT2D eigenvalue weighted by atomic mass is 16.3. The molecule has 0 aromatic carbocycles. The van der Waals surface area contributed by atoms with E-state index in [9.17, 15) is 0 Å². The third-order valence-corrected chi connectivity index (χ3v) is 2.55. The standard InChI is InChI=1S/C11H20N4O/c1-4-9-10(12)13-7-14-11(9)15(5-6-16)8(2)3/h7-8,16H,4-6H2,1-3H3,(H2,12,13,14). The molecule has 0 amide bonds. The second-order valence-electron chi connectivity index (χ2n) is 3.93. The van der Waals surface area contributed by atoms with E-state index in [-0.39, 0.29) is 12.6 Å². The van der Waals surface area contributed by atoms with Crippen molar-refractivity contribution in [3.63, 3.8) is 0 Å². The average Bonchev–Trinajstić information content (AvgIpc) is 2.25. The van der Waals surface area contributed by atoms with Gasteiger partial charge in [0.2, 0.25) is 0 Å². The monoisotopic (exact) mass is 224 g/mol. The van der Waals surface area contributed by atoms with Gasteiger partial charge in [0.25, 0.3) is 0 Å². The zero-order chi connectivity index (χ0) is 12.1. The van der Waals surface area contributed by atoms with Crippen molar-refractivity contribution in [3.8, 4) is 0 Å². The van der Waals surface area contributed by atoms with E-state index in [0.717, 1.165) is 17.8 Å². The third kappa shape index (κ3) is 2.61. The zero-order valence-corrected chi connectivity index (χ0v) is 10.1. The second kappa shape index (κ2) is 5.65. The van der Waals surface area contributed by atoms with E-state index < -0.39 is 0 Å². The molecular formula is C11H20N4O. The summed E-state index contributed by atoms with van der Waals surface area (Å²) >= 11 is 0. The summed E-state index contributed by atoms with van der Waals surface area (Å²) in [4.78, 5) is 10.3. The molecule has 0 atom stereocenters. The molecule has 5 heteroatoms. The molecule has 0 aliphatic rings. The van der Waals surface area contributed by atoms with Crippen molar-refractivity contribution in [2.24, 2.45) is 0 Å². The van der Waals surface area contributed by atoms with E-state index in [2.05, 4.69) is 23.8 Å². The number of hydrogen-bond donors (Lipinski definition) is 2. The summed E-state index contributed by atoms with van der Waals surface area (Å²) in [7, 11) is 0. The molecule has 3 N–H and O–H groups in total. The number of aliphatic hydroxyl groups excluding tert-OH is 1. The fraction of sp³-hybridized carbons (Fsp3) is 0.636. The Balaban J connectivity index is 3.12. The van der Waals surface area contributed by atoms with Gasteiger partial charge in [-0.3, -0.25) is 0 Å². The first kappa shape index (κ1) is 12.7. The molecule has 0 fully saturated rings. The summed E-state index contributed by atoms with van der Waals surface area (Å²) in [6.45, 7) is 6.81. The van der Waals surface area contributed by atoms with Crippen LogP contribution in [0.25, 0.3) is 0 Å². The molecule has 0 unspecified atom stereocenters. The lowest BCUT2D eigenvalue weighted by atomic mass is 10.2. The lowest BCUT2D eigenvalue weighted by Crippen LogP contribution is -2.35. The van der Waals surface area contributed by atoms with E-state index in [1.807, 2.05) is 11.8 Å². The average molecular weight is 224 g/mol. The summed E-state index contributed by atoms with van der Waals surface area (Å²) in [5, 5.41) is 9.06. The molecule has 0 saturated carbocycles. The minimum Gasteiger partial charge on any atom is -0.395 e. The fourth-order valence-corrected chi connectivity index (χ4v) is 1.72. The Kier molecular flexibility index (Phi) is 4.49. The van der Waals surface area contributed by atoms with Crippen LogP contribution in [0.5, 0.6) is 0 Å². The number of anilines is 2. The smallest absolute Gasteiger partial charge is 0.137 e. The highest BCUT2D eigenvalue weighted by Gasteiger charge is 2.16. The predicted molar refractivity (Wildman–Crippen MR) is 65.4 cm³/mol. The molecule has 1 aromatic rings. The van der Waals surface area contributed by atoms with Crippen LogP contribution in [0.2, 0.25) is 0 Å². The number of aromatic nitrogens is 2. The number of hydrogen-bond acceptors (Lipinski definition) is 5. The van der Waals surface area contributed by atoms with Crippen LogP contribution in [0.1, 0.15) is 26.3 Å². The molecule has 5 nitrogen and oxygen atoms in total. The highest BCUT2D eigenvalue weighted by Crippen LogP contribution is 2.23.